The topological polar surface area (TPSA) is 52.7 Å². The number of hydrogen-bond donors (Lipinski definition) is 2. The maximum atomic E-state index is 9.01. The summed E-state index contributed by atoms with van der Waals surface area (Å²) in [5, 5.41) is 13.3. The summed E-state index contributed by atoms with van der Waals surface area (Å²) < 4.78 is 0. The van der Waals surface area contributed by atoms with Crippen LogP contribution in [0.2, 0.25) is 0 Å². The van der Waals surface area contributed by atoms with Gasteiger partial charge in [0.15, 0.2) is 0 Å². The zero-order valence-electron chi connectivity index (χ0n) is 10.8. The molecule has 1 aromatic rings. The van der Waals surface area contributed by atoms with Gasteiger partial charge in [-0.3, -0.25) is 9.80 Å². The van der Waals surface area contributed by atoms with Crippen molar-refractivity contribution < 1.29 is 5.11 Å². The molecule has 18 heavy (non-hydrogen) atoms. The van der Waals surface area contributed by atoms with Gasteiger partial charge in [0.2, 0.25) is 0 Å². The quantitative estimate of drug-likeness (QED) is 0.828. The molecule has 0 bridgehead atoms. The SMILES string of the molecule is NCC(c1ccsc1)N1CCCN(CCO)CC1. The molecule has 0 aromatic carbocycles. The van der Waals surface area contributed by atoms with Crippen molar-refractivity contribution in [2.45, 2.75) is 12.5 Å². The molecule has 2 rings (SSSR count). The van der Waals surface area contributed by atoms with Gasteiger partial charge < -0.3 is 10.8 Å². The van der Waals surface area contributed by atoms with Crippen molar-refractivity contribution in [1.29, 1.82) is 0 Å². The number of β-amino-alcohol motifs (C(OH)–C–C–N with tert-alkyl or cyclic N) is 1. The van der Waals surface area contributed by atoms with Gasteiger partial charge in [-0.05, 0) is 35.4 Å². The van der Waals surface area contributed by atoms with Gasteiger partial charge in [0.1, 0.15) is 0 Å². The van der Waals surface area contributed by atoms with E-state index in [1.54, 1.807) is 11.3 Å². The second kappa shape index (κ2) is 7.21. The third-order valence-corrected chi connectivity index (χ3v) is 4.33. The van der Waals surface area contributed by atoms with Crippen molar-refractivity contribution in [1.82, 2.24) is 9.80 Å². The molecular weight excluding hydrogens is 246 g/mol. The lowest BCUT2D eigenvalue weighted by molar-refractivity contribution is 0.182. The first-order chi connectivity index (χ1) is 8.85. The summed E-state index contributed by atoms with van der Waals surface area (Å²) in [5.74, 6) is 0. The minimum atomic E-state index is 0.255. The van der Waals surface area contributed by atoms with Crippen molar-refractivity contribution in [3.8, 4) is 0 Å². The van der Waals surface area contributed by atoms with Gasteiger partial charge in [-0.1, -0.05) is 0 Å². The minimum Gasteiger partial charge on any atom is -0.395 e. The summed E-state index contributed by atoms with van der Waals surface area (Å²) in [5.41, 5.74) is 7.29. The van der Waals surface area contributed by atoms with Crippen LogP contribution in [0.3, 0.4) is 0 Å². The van der Waals surface area contributed by atoms with Gasteiger partial charge in [-0.15, -0.1) is 0 Å². The summed E-state index contributed by atoms with van der Waals surface area (Å²) in [6.07, 6.45) is 1.15. The maximum Gasteiger partial charge on any atom is 0.0558 e. The first-order valence-electron chi connectivity index (χ1n) is 6.64. The monoisotopic (exact) mass is 269 g/mol. The molecule has 1 saturated heterocycles. The van der Waals surface area contributed by atoms with Crippen molar-refractivity contribution in [2.75, 3.05) is 45.9 Å². The number of aliphatic hydroxyl groups excluding tert-OH is 1. The number of aliphatic hydroxyl groups is 1. The van der Waals surface area contributed by atoms with E-state index in [1.807, 2.05) is 0 Å². The van der Waals surface area contributed by atoms with Crippen LogP contribution in [0.1, 0.15) is 18.0 Å². The number of rotatable bonds is 5. The Morgan fingerprint density at radius 1 is 1.33 bits per heavy atom. The molecule has 1 aromatic heterocycles. The van der Waals surface area contributed by atoms with Crippen molar-refractivity contribution in [3.05, 3.63) is 22.4 Å². The maximum absolute atomic E-state index is 9.01. The fraction of sp³-hybridized carbons (Fsp3) is 0.692. The van der Waals surface area contributed by atoms with Gasteiger partial charge in [-0.25, -0.2) is 0 Å². The predicted molar refractivity (Wildman–Crippen MR) is 75.8 cm³/mol. The molecule has 0 amide bonds. The number of hydrogen-bond acceptors (Lipinski definition) is 5. The van der Waals surface area contributed by atoms with E-state index >= 15 is 0 Å². The van der Waals surface area contributed by atoms with Crippen LogP contribution < -0.4 is 5.73 Å². The molecule has 102 valence electrons. The Balaban J connectivity index is 1.95. The van der Waals surface area contributed by atoms with Crippen LogP contribution in [0.25, 0.3) is 0 Å². The third kappa shape index (κ3) is 3.52. The van der Waals surface area contributed by atoms with E-state index in [2.05, 4.69) is 26.6 Å². The van der Waals surface area contributed by atoms with Gasteiger partial charge in [0.25, 0.3) is 0 Å². The van der Waals surface area contributed by atoms with Gasteiger partial charge in [-0.2, -0.15) is 11.3 Å². The third-order valence-electron chi connectivity index (χ3n) is 3.63. The van der Waals surface area contributed by atoms with Crippen LogP contribution in [-0.4, -0.2) is 60.8 Å². The van der Waals surface area contributed by atoms with E-state index in [4.69, 9.17) is 10.8 Å². The lowest BCUT2D eigenvalue weighted by atomic mass is 10.1. The average molecular weight is 269 g/mol. The summed E-state index contributed by atoms with van der Waals surface area (Å²) in [4.78, 5) is 4.82. The Kier molecular flexibility index (Phi) is 5.59. The van der Waals surface area contributed by atoms with Crippen LogP contribution >= 0.6 is 11.3 Å². The van der Waals surface area contributed by atoms with Crippen molar-refractivity contribution in [2.24, 2.45) is 5.73 Å². The predicted octanol–water partition coefficient (Wildman–Crippen LogP) is 0.748. The number of thiophene rings is 1. The highest BCUT2D eigenvalue weighted by Crippen LogP contribution is 2.23. The summed E-state index contributed by atoms with van der Waals surface area (Å²) in [6, 6.07) is 2.53. The lowest BCUT2D eigenvalue weighted by Crippen LogP contribution is -2.37. The molecule has 0 spiro atoms. The summed E-state index contributed by atoms with van der Waals surface area (Å²) in [7, 11) is 0. The Hall–Kier alpha value is -0.460. The second-order valence-electron chi connectivity index (χ2n) is 4.76. The average Bonchev–Trinajstić information content (AvgIpc) is 2.80. The first-order valence-corrected chi connectivity index (χ1v) is 7.59. The Bertz CT molecular complexity index is 331. The largest absolute Gasteiger partial charge is 0.395 e. The van der Waals surface area contributed by atoms with E-state index in [0.29, 0.717) is 12.6 Å². The Labute approximate surface area is 113 Å². The van der Waals surface area contributed by atoms with E-state index in [9.17, 15) is 0 Å². The normalized spacial score (nSPS) is 20.8. The fourth-order valence-electron chi connectivity index (χ4n) is 2.63. The molecule has 1 aliphatic heterocycles. The van der Waals surface area contributed by atoms with Gasteiger partial charge in [0.05, 0.1) is 6.61 Å². The Morgan fingerprint density at radius 3 is 2.89 bits per heavy atom. The number of nitrogens with zero attached hydrogens (tertiary/aromatic N) is 2. The van der Waals surface area contributed by atoms with Crippen molar-refractivity contribution in [3.63, 3.8) is 0 Å². The summed E-state index contributed by atoms with van der Waals surface area (Å²) in [6.45, 7) is 5.97. The van der Waals surface area contributed by atoms with Crippen LogP contribution in [0.5, 0.6) is 0 Å². The highest BCUT2D eigenvalue weighted by molar-refractivity contribution is 7.07. The minimum absolute atomic E-state index is 0.255. The van der Waals surface area contributed by atoms with E-state index in [-0.39, 0.29) is 6.61 Å². The molecule has 0 saturated carbocycles. The van der Waals surface area contributed by atoms with Crippen LogP contribution in [-0.2, 0) is 0 Å². The van der Waals surface area contributed by atoms with Crippen LogP contribution in [0.15, 0.2) is 16.8 Å². The van der Waals surface area contributed by atoms with Crippen LogP contribution in [0.4, 0.5) is 0 Å². The molecule has 1 atom stereocenters. The molecule has 5 heteroatoms. The highest BCUT2D eigenvalue weighted by atomic mass is 32.1. The Morgan fingerprint density at radius 2 is 2.22 bits per heavy atom. The molecule has 1 aliphatic rings. The molecule has 1 fully saturated rings. The fourth-order valence-corrected chi connectivity index (χ4v) is 3.34. The zero-order chi connectivity index (χ0) is 12.8. The number of nitrogens with two attached hydrogens (primary N) is 1. The molecular formula is C13H23N3OS. The molecule has 0 radical (unpaired) electrons. The van der Waals surface area contributed by atoms with Crippen molar-refractivity contribution >= 4 is 11.3 Å². The summed E-state index contributed by atoms with van der Waals surface area (Å²) >= 11 is 1.74. The highest BCUT2D eigenvalue weighted by Gasteiger charge is 2.22. The van der Waals surface area contributed by atoms with E-state index in [0.717, 1.165) is 39.1 Å². The molecule has 4 nitrogen and oxygen atoms in total. The van der Waals surface area contributed by atoms with Crippen LogP contribution in [0, 0.1) is 0 Å². The van der Waals surface area contributed by atoms with E-state index < -0.39 is 0 Å². The smallest absolute Gasteiger partial charge is 0.0558 e. The molecule has 1 unspecified atom stereocenters. The lowest BCUT2D eigenvalue weighted by Gasteiger charge is -2.29. The van der Waals surface area contributed by atoms with E-state index in [1.165, 1.54) is 5.56 Å². The zero-order valence-corrected chi connectivity index (χ0v) is 11.6. The van der Waals surface area contributed by atoms with Gasteiger partial charge >= 0.3 is 0 Å². The molecule has 3 N–H and O–H groups in total. The standard InChI is InChI=1S/C13H23N3OS/c14-10-13(12-2-9-18-11-12)16-4-1-3-15(5-6-16)7-8-17/h2,9,11,13,17H,1,3-8,10,14H2. The first kappa shape index (κ1) is 14.0. The van der Waals surface area contributed by atoms with Gasteiger partial charge in [0, 0.05) is 38.8 Å². The second-order valence-corrected chi connectivity index (χ2v) is 5.54. The molecule has 0 aliphatic carbocycles. The molecule has 2 heterocycles.